The van der Waals surface area contributed by atoms with Gasteiger partial charge in [0.25, 0.3) is 5.69 Å². The van der Waals surface area contributed by atoms with E-state index < -0.39 is 10.9 Å². The van der Waals surface area contributed by atoms with Crippen molar-refractivity contribution in [2.75, 3.05) is 0 Å². The molecular formula is C16H13NO4. The van der Waals surface area contributed by atoms with Crippen molar-refractivity contribution in [3.63, 3.8) is 0 Å². The fourth-order valence-electron chi connectivity index (χ4n) is 1.76. The molecule has 0 heterocycles. The first kappa shape index (κ1) is 14.5. The fourth-order valence-corrected chi connectivity index (χ4v) is 1.76. The predicted octanol–water partition coefficient (Wildman–Crippen LogP) is 3.60. The third-order valence-corrected chi connectivity index (χ3v) is 2.81. The van der Waals surface area contributed by atoms with Crippen molar-refractivity contribution in [1.82, 2.24) is 0 Å². The van der Waals surface area contributed by atoms with Crippen LogP contribution in [0.5, 0.6) is 5.75 Å². The predicted molar refractivity (Wildman–Crippen MR) is 78.8 cm³/mol. The standard InChI is InChI=1S/C16H13NO4/c1-12(13-6-5-7-14(11-13)17(19)20)10-16(18)21-15-8-3-2-4-9-15/h2-11H,1H3. The molecule has 21 heavy (non-hydrogen) atoms. The van der Waals surface area contributed by atoms with E-state index in [1.165, 1.54) is 18.2 Å². The van der Waals surface area contributed by atoms with E-state index in [4.69, 9.17) is 4.74 Å². The van der Waals surface area contributed by atoms with Crippen molar-refractivity contribution >= 4 is 17.2 Å². The third-order valence-electron chi connectivity index (χ3n) is 2.81. The molecule has 0 aliphatic heterocycles. The Morgan fingerprint density at radius 3 is 2.52 bits per heavy atom. The molecule has 0 saturated carbocycles. The molecule has 0 radical (unpaired) electrons. The maximum atomic E-state index is 11.8. The second-order valence-corrected chi connectivity index (χ2v) is 4.37. The van der Waals surface area contributed by atoms with Crippen molar-refractivity contribution in [3.05, 3.63) is 76.4 Å². The van der Waals surface area contributed by atoms with Crippen molar-refractivity contribution in [3.8, 4) is 5.75 Å². The van der Waals surface area contributed by atoms with E-state index in [0.29, 0.717) is 16.9 Å². The summed E-state index contributed by atoms with van der Waals surface area (Å²) in [6.45, 7) is 1.70. The average Bonchev–Trinajstić information content (AvgIpc) is 2.48. The summed E-state index contributed by atoms with van der Waals surface area (Å²) >= 11 is 0. The number of carbonyl (C=O) groups excluding carboxylic acids is 1. The summed E-state index contributed by atoms with van der Waals surface area (Å²) in [6.07, 6.45) is 1.31. The normalized spacial score (nSPS) is 11.0. The Balaban J connectivity index is 2.15. The SMILES string of the molecule is CC(=CC(=O)Oc1ccccc1)c1cccc([N+](=O)[O-])c1. The number of nitro benzene ring substituents is 1. The third kappa shape index (κ3) is 4.01. The number of para-hydroxylation sites is 1. The van der Waals surface area contributed by atoms with Gasteiger partial charge in [-0.2, -0.15) is 0 Å². The van der Waals surface area contributed by atoms with Gasteiger partial charge in [0.15, 0.2) is 0 Å². The highest BCUT2D eigenvalue weighted by molar-refractivity contribution is 5.92. The van der Waals surface area contributed by atoms with Gasteiger partial charge in [0.2, 0.25) is 0 Å². The van der Waals surface area contributed by atoms with Gasteiger partial charge in [-0.3, -0.25) is 10.1 Å². The van der Waals surface area contributed by atoms with Gasteiger partial charge in [0.1, 0.15) is 5.75 Å². The Kier molecular flexibility index (Phi) is 4.46. The van der Waals surface area contributed by atoms with Crippen LogP contribution in [0.15, 0.2) is 60.7 Å². The molecule has 0 aromatic heterocycles. The van der Waals surface area contributed by atoms with Crippen LogP contribution in [-0.4, -0.2) is 10.9 Å². The largest absolute Gasteiger partial charge is 0.423 e. The average molecular weight is 283 g/mol. The van der Waals surface area contributed by atoms with Crippen LogP contribution in [0.2, 0.25) is 0 Å². The molecule has 0 N–H and O–H groups in total. The Hall–Kier alpha value is -2.95. The molecule has 0 amide bonds. The number of hydrogen-bond acceptors (Lipinski definition) is 4. The topological polar surface area (TPSA) is 69.4 Å². The zero-order valence-electron chi connectivity index (χ0n) is 11.4. The molecule has 5 nitrogen and oxygen atoms in total. The monoisotopic (exact) mass is 283 g/mol. The highest BCUT2D eigenvalue weighted by Gasteiger charge is 2.08. The number of carbonyl (C=O) groups is 1. The maximum Gasteiger partial charge on any atom is 0.336 e. The Labute approximate surface area is 121 Å². The van der Waals surface area contributed by atoms with Gasteiger partial charge in [-0.05, 0) is 30.2 Å². The first-order valence-corrected chi connectivity index (χ1v) is 6.26. The maximum absolute atomic E-state index is 11.8. The molecule has 2 aromatic carbocycles. The van der Waals surface area contributed by atoms with Crippen molar-refractivity contribution in [2.24, 2.45) is 0 Å². The van der Waals surface area contributed by atoms with Crippen LogP contribution in [0.1, 0.15) is 12.5 Å². The molecule has 0 atom stereocenters. The molecule has 2 aromatic rings. The van der Waals surface area contributed by atoms with E-state index in [9.17, 15) is 14.9 Å². The number of allylic oxidation sites excluding steroid dienone is 1. The molecule has 0 spiro atoms. The van der Waals surface area contributed by atoms with Crippen molar-refractivity contribution in [1.29, 1.82) is 0 Å². The van der Waals surface area contributed by atoms with Crippen LogP contribution < -0.4 is 4.74 Å². The van der Waals surface area contributed by atoms with Crippen LogP contribution in [0.4, 0.5) is 5.69 Å². The summed E-state index contributed by atoms with van der Waals surface area (Å²) in [4.78, 5) is 22.0. The van der Waals surface area contributed by atoms with E-state index in [2.05, 4.69) is 0 Å². The lowest BCUT2D eigenvalue weighted by Crippen LogP contribution is -2.04. The second-order valence-electron chi connectivity index (χ2n) is 4.37. The molecule has 0 fully saturated rings. The minimum atomic E-state index is -0.523. The summed E-state index contributed by atoms with van der Waals surface area (Å²) in [6, 6.07) is 14.8. The van der Waals surface area contributed by atoms with Crippen LogP contribution in [0, 0.1) is 10.1 Å². The lowest BCUT2D eigenvalue weighted by Gasteiger charge is -2.03. The second kappa shape index (κ2) is 6.47. The molecular weight excluding hydrogens is 270 g/mol. The fraction of sp³-hybridized carbons (Fsp3) is 0.0625. The molecule has 0 saturated heterocycles. The minimum Gasteiger partial charge on any atom is -0.423 e. The van der Waals surface area contributed by atoms with Gasteiger partial charge in [-0.15, -0.1) is 0 Å². The number of benzene rings is 2. The van der Waals surface area contributed by atoms with Gasteiger partial charge < -0.3 is 4.74 Å². The van der Waals surface area contributed by atoms with E-state index in [0.717, 1.165) is 0 Å². The lowest BCUT2D eigenvalue weighted by atomic mass is 10.1. The molecule has 0 aliphatic carbocycles. The molecule has 2 rings (SSSR count). The Bertz CT molecular complexity index is 692. The van der Waals surface area contributed by atoms with Crippen molar-refractivity contribution < 1.29 is 14.5 Å². The number of nitrogens with zero attached hydrogens (tertiary/aromatic N) is 1. The highest BCUT2D eigenvalue weighted by Crippen LogP contribution is 2.20. The molecule has 0 bridgehead atoms. The van der Waals surface area contributed by atoms with Crippen LogP contribution >= 0.6 is 0 Å². The van der Waals surface area contributed by atoms with Gasteiger partial charge >= 0.3 is 5.97 Å². The summed E-state index contributed by atoms with van der Waals surface area (Å²) in [5.74, 6) is -0.0733. The molecule has 0 aliphatic rings. The quantitative estimate of drug-likeness (QED) is 0.282. The van der Waals surface area contributed by atoms with Crippen LogP contribution in [0.3, 0.4) is 0 Å². The van der Waals surface area contributed by atoms with Gasteiger partial charge in [0, 0.05) is 18.2 Å². The van der Waals surface area contributed by atoms with Gasteiger partial charge in [-0.1, -0.05) is 30.3 Å². The van der Waals surface area contributed by atoms with E-state index in [-0.39, 0.29) is 5.69 Å². The van der Waals surface area contributed by atoms with Crippen LogP contribution in [0.25, 0.3) is 5.57 Å². The Morgan fingerprint density at radius 2 is 1.86 bits per heavy atom. The van der Waals surface area contributed by atoms with E-state index in [1.807, 2.05) is 6.07 Å². The minimum absolute atomic E-state index is 0.0170. The number of ether oxygens (including phenoxy) is 1. The number of hydrogen-bond donors (Lipinski definition) is 0. The Morgan fingerprint density at radius 1 is 1.14 bits per heavy atom. The summed E-state index contributed by atoms with van der Waals surface area (Å²) in [5, 5.41) is 10.7. The van der Waals surface area contributed by atoms with Crippen LogP contribution in [-0.2, 0) is 4.79 Å². The highest BCUT2D eigenvalue weighted by atomic mass is 16.6. The van der Waals surface area contributed by atoms with Crippen molar-refractivity contribution in [2.45, 2.75) is 6.92 Å². The number of nitro groups is 1. The number of non-ortho nitro benzene ring substituents is 1. The summed E-state index contributed by atoms with van der Waals surface area (Å²) in [5.41, 5.74) is 1.19. The van der Waals surface area contributed by atoms with Gasteiger partial charge in [0.05, 0.1) is 4.92 Å². The number of rotatable bonds is 4. The van der Waals surface area contributed by atoms with E-state index >= 15 is 0 Å². The zero-order chi connectivity index (χ0) is 15.2. The first-order chi connectivity index (χ1) is 10.1. The first-order valence-electron chi connectivity index (χ1n) is 6.26. The summed E-state index contributed by atoms with van der Waals surface area (Å²) in [7, 11) is 0. The molecule has 0 unspecified atom stereocenters. The van der Waals surface area contributed by atoms with Gasteiger partial charge in [-0.25, -0.2) is 4.79 Å². The van der Waals surface area contributed by atoms with E-state index in [1.54, 1.807) is 43.3 Å². The smallest absolute Gasteiger partial charge is 0.336 e. The molecule has 5 heteroatoms. The number of esters is 1. The lowest BCUT2D eigenvalue weighted by molar-refractivity contribution is -0.384. The molecule has 106 valence electrons. The summed E-state index contributed by atoms with van der Waals surface area (Å²) < 4.78 is 5.14. The zero-order valence-corrected chi connectivity index (χ0v) is 11.4.